The molecule has 114 valence electrons. The van der Waals surface area contributed by atoms with Crippen molar-refractivity contribution < 1.29 is 9.59 Å². The van der Waals surface area contributed by atoms with E-state index in [0.717, 1.165) is 29.4 Å². The fraction of sp³-hybridized carbons (Fsp3) is 0.467. The van der Waals surface area contributed by atoms with Gasteiger partial charge < -0.3 is 16.0 Å². The van der Waals surface area contributed by atoms with E-state index in [2.05, 4.69) is 21.2 Å². The van der Waals surface area contributed by atoms with Gasteiger partial charge in [0.2, 0.25) is 11.8 Å². The average Bonchev–Trinajstić information content (AvgIpc) is 2.93. The van der Waals surface area contributed by atoms with Gasteiger partial charge in [-0.1, -0.05) is 28.1 Å². The topological polar surface area (TPSA) is 75.4 Å². The van der Waals surface area contributed by atoms with E-state index in [1.807, 2.05) is 24.3 Å². The van der Waals surface area contributed by atoms with Gasteiger partial charge in [-0.25, -0.2) is 0 Å². The molecule has 1 saturated heterocycles. The molecule has 0 bridgehead atoms. The number of carbonyl (C=O) groups excluding carboxylic acids is 2. The summed E-state index contributed by atoms with van der Waals surface area (Å²) in [7, 11) is 0. The van der Waals surface area contributed by atoms with Crippen LogP contribution >= 0.6 is 15.9 Å². The number of rotatable bonds is 6. The molecule has 0 saturated carbocycles. The maximum atomic E-state index is 12.4. The zero-order chi connectivity index (χ0) is 15.2. The van der Waals surface area contributed by atoms with E-state index < -0.39 is 5.91 Å². The second-order valence-corrected chi connectivity index (χ2v) is 6.26. The highest BCUT2D eigenvalue weighted by Gasteiger charge is 2.22. The van der Waals surface area contributed by atoms with Crippen LogP contribution in [0.2, 0.25) is 0 Å². The summed E-state index contributed by atoms with van der Waals surface area (Å²) in [6.07, 6.45) is 2.53. The molecule has 3 N–H and O–H groups in total. The molecule has 5 nitrogen and oxygen atoms in total. The molecule has 6 heteroatoms. The first kappa shape index (κ1) is 16.0. The molecule has 0 spiro atoms. The molecule has 2 rings (SSSR count). The van der Waals surface area contributed by atoms with Crippen molar-refractivity contribution in [1.82, 2.24) is 10.2 Å². The third-order valence-corrected chi connectivity index (χ3v) is 4.10. The van der Waals surface area contributed by atoms with Gasteiger partial charge in [0.25, 0.3) is 0 Å². The fourth-order valence-electron chi connectivity index (χ4n) is 2.50. The maximum absolute atomic E-state index is 12.4. The van der Waals surface area contributed by atoms with E-state index in [1.54, 1.807) is 0 Å². The van der Waals surface area contributed by atoms with Crippen molar-refractivity contribution in [3.05, 3.63) is 34.3 Å². The van der Waals surface area contributed by atoms with Gasteiger partial charge >= 0.3 is 0 Å². The van der Waals surface area contributed by atoms with E-state index in [-0.39, 0.29) is 18.5 Å². The van der Waals surface area contributed by atoms with Crippen LogP contribution in [0.25, 0.3) is 0 Å². The molecule has 1 aromatic rings. The molecule has 1 aliphatic rings. The van der Waals surface area contributed by atoms with Gasteiger partial charge in [-0.3, -0.25) is 9.59 Å². The number of halogens is 1. The quantitative estimate of drug-likeness (QED) is 0.811. The van der Waals surface area contributed by atoms with E-state index in [9.17, 15) is 9.59 Å². The molecule has 0 aromatic heterocycles. The predicted molar refractivity (Wildman–Crippen MR) is 84.4 cm³/mol. The van der Waals surface area contributed by atoms with Crippen molar-refractivity contribution >= 4 is 27.7 Å². The van der Waals surface area contributed by atoms with Crippen molar-refractivity contribution in [2.24, 2.45) is 5.73 Å². The summed E-state index contributed by atoms with van der Waals surface area (Å²) in [4.78, 5) is 25.1. The molecule has 1 atom stereocenters. The molecule has 1 aromatic carbocycles. The smallest absolute Gasteiger partial charge is 0.237 e. The van der Waals surface area contributed by atoms with E-state index in [1.165, 1.54) is 4.90 Å². The normalized spacial score (nSPS) is 17.7. The Balaban J connectivity index is 2.00. The molecular weight excluding hydrogens is 334 g/mol. The van der Waals surface area contributed by atoms with Gasteiger partial charge in [0.15, 0.2) is 0 Å². The standard InChI is InChI=1S/C15H20BrN3O2/c16-12-5-3-11(4-6-12)9-19(10-14(17)20)15(21)8-13-2-1-7-18-13/h3-6,13,18H,1-2,7-10H2,(H2,17,20). The number of nitrogens with one attached hydrogen (secondary N) is 1. The molecule has 1 heterocycles. The molecule has 0 radical (unpaired) electrons. The van der Waals surface area contributed by atoms with Crippen LogP contribution in [0.5, 0.6) is 0 Å². The number of amides is 2. The lowest BCUT2D eigenvalue weighted by atomic mass is 10.1. The zero-order valence-corrected chi connectivity index (χ0v) is 13.4. The fourth-order valence-corrected chi connectivity index (χ4v) is 2.77. The molecule has 21 heavy (non-hydrogen) atoms. The van der Waals surface area contributed by atoms with Crippen LogP contribution in [-0.2, 0) is 16.1 Å². The monoisotopic (exact) mass is 353 g/mol. The minimum atomic E-state index is -0.486. The number of hydrogen-bond donors (Lipinski definition) is 2. The van der Waals surface area contributed by atoms with Crippen LogP contribution in [0, 0.1) is 0 Å². The summed E-state index contributed by atoms with van der Waals surface area (Å²) >= 11 is 3.38. The minimum absolute atomic E-state index is 0.0314. The van der Waals surface area contributed by atoms with Gasteiger partial charge in [-0.2, -0.15) is 0 Å². The van der Waals surface area contributed by atoms with Crippen LogP contribution in [0.3, 0.4) is 0 Å². The summed E-state index contributed by atoms with van der Waals surface area (Å²) in [5.41, 5.74) is 6.24. The highest BCUT2D eigenvalue weighted by atomic mass is 79.9. The van der Waals surface area contributed by atoms with E-state index in [4.69, 9.17) is 5.73 Å². The van der Waals surface area contributed by atoms with Crippen molar-refractivity contribution in [3.63, 3.8) is 0 Å². The maximum Gasteiger partial charge on any atom is 0.237 e. The first-order valence-electron chi connectivity index (χ1n) is 7.08. The Kier molecular flexibility index (Phi) is 5.76. The summed E-state index contributed by atoms with van der Waals surface area (Å²) < 4.78 is 0.981. The van der Waals surface area contributed by atoms with Crippen LogP contribution in [0.4, 0.5) is 0 Å². The molecule has 1 aliphatic heterocycles. The lowest BCUT2D eigenvalue weighted by Crippen LogP contribution is -2.40. The Morgan fingerprint density at radius 2 is 2.05 bits per heavy atom. The third-order valence-electron chi connectivity index (χ3n) is 3.57. The predicted octanol–water partition coefficient (Wildman–Crippen LogP) is 1.41. The van der Waals surface area contributed by atoms with Gasteiger partial charge in [0.05, 0.1) is 6.54 Å². The summed E-state index contributed by atoms with van der Waals surface area (Å²) in [6, 6.07) is 7.91. The molecular formula is C15H20BrN3O2. The summed E-state index contributed by atoms with van der Waals surface area (Å²) in [5.74, 6) is -0.518. The number of hydrogen-bond acceptors (Lipinski definition) is 3. The van der Waals surface area contributed by atoms with Crippen molar-refractivity contribution in [3.8, 4) is 0 Å². The van der Waals surface area contributed by atoms with Crippen molar-refractivity contribution in [2.45, 2.75) is 31.8 Å². The minimum Gasteiger partial charge on any atom is -0.368 e. The molecule has 2 amide bonds. The molecule has 1 unspecified atom stereocenters. The number of primary amides is 1. The zero-order valence-electron chi connectivity index (χ0n) is 11.8. The lowest BCUT2D eigenvalue weighted by Gasteiger charge is -2.23. The largest absolute Gasteiger partial charge is 0.368 e. The molecule has 0 aliphatic carbocycles. The Morgan fingerprint density at radius 1 is 1.33 bits per heavy atom. The van der Waals surface area contributed by atoms with Crippen LogP contribution in [0.1, 0.15) is 24.8 Å². The van der Waals surface area contributed by atoms with E-state index in [0.29, 0.717) is 13.0 Å². The number of carbonyl (C=O) groups is 2. The van der Waals surface area contributed by atoms with Crippen molar-refractivity contribution in [1.29, 1.82) is 0 Å². The number of nitrogens with two attached hydrogens (primary N) is 1. The Labute approximate surface area is 133 Å². The lowest BCUT2D eigenvalue weighted by molar-refractivity contribution is -0.136. The second-order valence-electron chi connectivity index (χ2n) is 5.34. The summed E-state index contributed by atoms with van der Waals surface area (Å²) in [6.45, 7) is 1.32. The average molecular weight is 354 g/mol. The van der Waals surface area contributed by atoms with Crippen molar-refractivity contribution in [2.75, 3.05) is 13.1 Å². The Bertz CT molecular complexity index is 498. The number of benzene rings is 1. The van der Waals surface area contributed by atoms with Gasteiger partial charge in [0, 0.05) is 23.5 Å². The third kappa shape index (κ3) is 5.13. The Morgan fingerprint density at radius 3 is 2.62 bits per heavy atom. The highest BCUT2D eigenvalue weighted by Crippen LogP contribution is 2.15. The van der Waals surface area contributed by atoms with Gasteiger partial charge in [0.1, 0.15) is 0 Å². The van der Waals surface area contributed by atoms with Gasteiger partial charge in [-0.15, -0.1) is 0 Å². The summed E-state index contributed by atoms with van der Waals surface area (Å²) in [5, 5.41) is 3.30. The Hall–Kier alpha value is -1.40. The van der Waals surface area contributed by atoms with Gasteiger partial charge in [-0.05, 0) is 37.1 Å². The van der Waals surface area contributed by atoms with Crippen LogP contribution in [0.15, 0.2) is 28.7 Å². The first-order chi connectivity index (χ1) is 10.0. The number of nitrogens with zero attached hydrogens (tertiary/aromatic N) is 1. The van der Waals surface area contributed by atoms with Crippen LogP contribution in [-0.4, -0.2) is 35.8 Å². The second kappa shape index (κ2) is 7.56. The highest BCUT2D eigenvalue weighted by molar-refractivity contribution is 9.10. The van der Waals surface area contributed by atoms with Crippen LogP contribution < -0.4 is 11.1 Å². The molecule has 1 fully saturated rings. The van der Waals surface area contributed by atoms with E-state index >= 15 is 0 Å². The SMILES string of the molecule is NC(=O)CN(Cc1ccc(Br)cc1)C(=O)CC1CCCN1. The first-order valence-corrected chi connectivity index (χ1v) is 7.88.